The van der Waals surface area contributed by atoms with Gasteiger partial charge in [0.15, 0.2) is 6.61 Å². The van der Waals surface area contributed by atoms with Gasteiger partial charge in [-0.2, -0.15) is 0 Å². The first-order chi connectivity index (χ1) is 12.6. The number of ether oxygens (including phenoxy) is 4. The van der Waals surface area contributed by atoms with Gasteiger partial charge in [-0.25, -0.2) is 0 Å². The fourth-order valence-electron chi connectivity index (χ4n) is 2.09. The highest BCUT2D eigenvalue weighted by atomic mass is 16.5. The van der Waals surface area contributed by atoms with Crippen molar-refractivity contribution in [2.75, 3.05) is 27.4 Å². The number of methoxy groups -OCH3 is 2. The molecule has 0 heterocycles. The summed E-state index contributed by atoms with van der Waals surface area (Å²) in [4.78, 5) is 23.5. The highest BCUT2D eigenvalue weighted by molar-refractivity contribution is 5.82. The Morgan fingerprint density at radius 2 is 1.73 bits per heavy atom. The van der Waals surface area contributed by atoms with Crippen LogP contribution in [0.15, 0.2) is 48.5 Å². The largest absolute Gasteiger partial charge is 0.497 e. The van der Waals surface area contributed by atoms with Crippen LogP contribution in [0.1, 0.15) is 5.56 Å². The van der Waals surface area contributed by atoms with E-state index in [1.54, 1.807) is 49.6 Å². The van der Waals surface area contributed by atoms with Crippen molar-refractivity contribution in [1.82, 2.24) is 5.32 Å². The number of para-hydroxylation sites is 1. The first-order valence-electron chi connectivity index (χ1n) is 7.93. The number of hydrogen-bond donors (Lipinski definition) is 1. The van der Waals surface area contributed by atoms with E-state index in [4.69, 9.17) is 18.9 Å². The molecule has 0 saturated heterocycles. The molecule has 26 heavy (non-hydrogen) atoms. The second-order valence-electron chi connectivity index (χ2n) is 5.22. The minimum Gasteiger partial charge on any atom is -0.497 e. The highest BCUT2D eigenvalue weighted by Crippen LogP contribution is 2.24. The molecule has 7 nitrogen and oxygen atoms in total. The van der Waals surface area contributed by atoms with Crippen LogP contribution in [0.3, 0.4) is 0 Å². The van der Waals surface area contributed by atoms with Crippen molar-refractivity contribution < 1.29 is 28.5 Å². The molecular weight excluding hydrogens is 338 g/mol. The van der Waals surface area contributed by atoms with Gasteiger partial charge in [-0.1, -0.05) is 18.2 Å². The molecule has 2 rings (SSSR count). The Morgan fingerprint density at radius 1 is 0.962 bits per heavy atom. The van der Waals surface area contributed by atoms with E-state index in [-0.39, 0.29) is 19.8 Å². The molecular formula is C19H21NO6. The summed E-state index contributed by atoms with van der Waals surface area (Å²) in [5.74, 6) is 0.810. The van der Waals surface area contributed by atoms with Crippen LogP contribution in [0, 0.1) is 0 Å². The number of hydrogen-bond acceptors (Lipinski definition) is 6. The maximum atomic E-state index is 11.8. The normalized spacial score (nSPS) is 9.92. The summed E-state index contributed by atoms with van der Waals surface area (Å²) in [5.41, 5.74) is 0.666. The maximum absolute atomic E-state index is 11.8. The Hall–Kier alpha value is -3.22. The van der Waals surface area contributed by atoms with E-state index < -0.39 is 11.9 Å². The topological polar surface area (TPSA) is 83.1 Å². The van der Waals surface area contributed by atoms with Gasteiger partial charge in [0.25, 0.3) is 5.91 Å². The lowest BCUT2D eigenvalue weighted by Gasteiger charge is -2.11. The average molecular weight is 359 g/mol. The number of nitrogens with one attached hydrogen (secondary N) is 1. The standard InChI is InChI=1S/C19H21NO6/c1-23-16-8-9-17(24-2)14(10-16)12-26-19(22)11-20-18(21)13-25-15-6-4-3-5-7-15/h3-10H,11-13H2,1-2H3,(H,20,21). The summed E-state index contributed by atoms with van der Waals surface area (Å²) >= 11 is 0. The number of carbonyl (C=O) groups is 2. The molecule has 0 aliphatic rings. The lowest BCUT2D eigenvalue weighted by atomic mass is 10.2. The molecule has 0 aromatic heterocycles. The van der Waals surface area contributed by atoms with E-state index in [1.165, 1.54) is 7.11 Å². The predicted molar refractivity (Wildman–Crippen MR) is 94.3 cm³/mol. The van der Waals surface area contributed by atoms with E-state index in [0.29, 0.717) is 22.8 Å². The van der Waals surface area contributed by atoms with Crippen LogP contribution in [0.2, 0.25) is 0 Å². The number of benzene rings is 2. The predicted octanol–water partition coefficient (Wildman–Crippen LogP) is 1.94. The van der Waals surface area contributed by atoms with Gasteiger partial charge in [0, 0.05) is 5.56 Å². The molecule has 0 spiro atoms. The van der Waals surface area contributed by atoms with E-state index >= 15 is 0 Å². The van der Waals surface area contributed by atoms with Gasteiger partial charge >= 0.3 is 5.97 Å². The summed E-state index contributed by atoms with van der Waals surface area (Å²) in [6.07, 6.45) is 0. The second-order valence-corrected chi connectivity index (χ2v) is 5.22. The minimum absolute atomic E-state index is 0.00952. The molecule has 2 aromatic carbocycles. The molecule has 0 radical (unpaired) electrons. The first-order valence-corrected chi connectivity index (χ1v) is 7.93. The van der Waals surface area contributed by atoms with Crippen molar-refractivity contribution in [2.45, 2.75) is 6.61 Å². The first kappa shape index (κ1) is 19.1. The molecule has 2 aromatic rings. The van der Waals surface area contributed by atoms with E-state index in [0.717, 1.165) is 0 Å². The molecule has 0 atom stereocenters. The molecule has 0 saturated carbocycles. The summed E-state index contributed by atoms with van der Waals surface area (Å²) < 4.78 is 20.8. The van der Waals surface area contributed by atoms with E-state index in [1.807, 2.05) is 6.07 Å². The zero-order valence-electron chi connectivity index (χ0n) is 14.7. The van der Waals surface area contributed by atoms with Crippen molar-refractivity contribution in [1.29, 1.82) is 0 Å². The second kappa shape index (κ2) is 9.93. The van der Waals surface area contributed by atoms with Crippen molar-refractivity contribution in [3.05, 3.63) is 54.1 Å². The third kappa shape index (κ3) is 6.01. The third-order valence-electron chi connectivity index (χ3n) is 3.42. The van der Waals surface area contributed by atoms with Crippen molar-refractivity contribution >= 4 is 11.9 Å². The van der Waals surface area contributed by atoms with Crippen molar-refractivity contribution in [3.8, 4) is 17.2 Å². The number of amides is 1. The Morgan fingerprint density at radius 3 is 2.42 bits per heavy atom. The minimum atomic E-state index is -0.567. The average Bonchev–Trinajstić information content (AvgIpc) is 2.69. The van der Waals surface area contributed by atoms with Gasteiger partial charge in [-0.05, 0) is 30.3 Å². The Balaban J connectivity index is 1.74. The van der Waals surface area contributed by atoms with Gasteiger partial charge in [0.2, 0.25) is 0 Å². The van der Waals surface area contributed by atoms with Gasteiger partial charge < -0.3 is 24.3 Å². The molecule has 1 amide bonds. The fraction of sp³-hybridized carbons (Fsp3) is 0.263. The van der Waals surface area contributed by atoms with Crippen LogP contribution >= 0.6 is 0 Å². The van der Waals surface area contributed by atoms with Crippen molar-refractivity contribution in [2.24, 2.45) is 0 Å². The van der Waals surface area contributed by atoms with E-state index in [9.17, 15) is 9.59 Å². The number of carbonyl (C=O) groups excluding carboxylic acids is 2. The third-order valence-corrected chi connectivity index (χ3v) is 3.42. The molecule has 0 aliphatic heterocycles. The quantitative estimate of drug-likeness (QED) is 0.689. The molecule has 0 aliphatic carbocycles. The van der Waals surface area contributed by atoms with E-state index in [2.05, 4.69) is 5.32 Å². The summed E-state index contributed by atoms with van der Waals surface area (Å²) in [5, 5.41) is 2.45. The van der Waals surface area contributed by atoms with Crippen LogP contribution in [0.25, 0.3) is 0 Å². The van der Waals surface area contributed by atoms with Gasteiger partial charge in [-0.15, -0.1) is 0 Å². The molecule has 0 fully saturated rings. The molecule has 1 N–H and O–H groups in total. The van der Waals surface area contributed by atoms with Crippen LogP contribution in [-0.4, -0.2) is 39.2 Å². The smallest absolute Gasteiger partial charge is 0.325 e. The van der Waals surface area contributed by atoms with Gasteiger partial charge in [0.1, 0.15) is 30.4 Å². The lowest BCUT2D eigenvalue weighted by Crippen LogP contribution is -2.34. The Bertz CT molecular complexity index is 732. The molecule has 7 heteroatoms. The Kier molecular flexibility index (Phi) is 7.30. The van der Waals surface area contributed by atoms with Gasteiger partial charge in [0.05, 0.1) is 14.2 Å². The summed E-state index contributed by atoms with van der Waals surface area (Å²) in [6, 6.07) is 14.1. The van der Waals surface area contributed by atoms with Gasteiger partial charge in [-0.3, -0.25) is 9.59 Å². The fourth-order valence-corrected chi connectivity index (χ4v) is 2.09. The molecule has 138 valence electrons. The number of rotatable bonds is 9. The summed E-state index contributed by atoms with van der Waals surface area (Å²) in [6.45, 7) is -0.417. The maximum Gasteiger partial charge on any atom is 0.325 e. The van der Waals surface area contributed by atoms with Crippen LogP contribution in [0.5, 0.6) is 17.2 Å². The number of esters is 1. The lowest BCUT2D eigenvalue weighted by molar-refractivity contribution is -0.145. The monoisotopic (exact) mass is 359 g/mol. The zero-order chi connectivity index (χ0) is 18.8. The van der Waals surface area contributed by atoms with Crippen molar-refractivity contribution in [3.63, 3.8) is 0 Å². The molecule has 0 unspecified atom stereocenters. The summed E-state index contributed by atoms with van der Waals surface area (Å²) in [7, 11) is 3.07. The van der Waals surface area contributed by atoms with Crippen LogP contribution in [0.4, 0.5) is 0 Å². The molecule has 0 bridgehead atoms. The zero-order valence-corrected chi connectivity index (χ0v) is 14.7. The van der Waals surface area contributed by atoms with Crippen LogP contribution in [-0.2, 0) is 20.9 Å². The van der Waals surface area contributed by atoms with Crippen LogP contribution < -0.4 is 19.5 Å². The Labute approximate surface area is 151 Å². The highest BCUT2D eigenvalue weighted by Gasteiger charge is 2.10. The SMILES string of the molecule is COc1ccc(OC)c(COC(=O)CNC(=O)COc2ccccc2)c1.